The Hall–Kier alpha value is -3.12. The largest absolute Gasteiger partial charge is 0.496 e. The Morgan fingerprint density at radius 2 is 1.69 bits per heavy atom. The van der Waals surface area contributed by atoms with E-state index >= 15 is 0 Å². The molecule has 0 aliphatic carbocycles. The topological polar surface area (TPSA) is 56.7 Å². The first-order valence-corrected chi connectivity index (χ1v) is 9.63. The van der Waals surface area contributed by atoms with Gasteiger partial charge in [0.25, 0.3) is 0 Å². The van der Waals surface area contributed by atoms with Gasteiger partial charge in [-0.2, -0.15) is 0 Å². The highest BCUT2D eigenvalue weighted by atomic mass is 16.5. The van der Waals surface area contributed by atoms with Crippen LogP contribution in [-0.2, 0) is 19.5 Å². The van der Waals surface area contributed by atoms with Crippen molar-refractivity contribution < 1.29 is 14.2 Å². The molecule has 3 aromatic rings. The normalized spacial score (nSPS) is 13.6. The molecule has 0 amide bonds. The van der Waals surface area contributed by atoms with Crippen LogP contribution in [0.2, 0.25) is 0 Å². The zero-order valence-electron chi connectivity index (χ0n) is 17.0. The molecule has 0 saturated carbocycles. The van der Waals surface area contributed by atoms with Gasteiger partial charge < -0.3 is 14.2 Å². The van der Waals surface area contributed by atoms with E-state index in [-0.39, 0.29) is 0 Å². The Kier molecular flexibility index (Phi) is 5.62. The van der Waals surface area contributed by atoms with E-state index in [1.54, 1.807) is 21.3 Å². The molecule has 1 aliphatic heterocycles. The minimum Gasteiger partial charge on any atom is -0.496 e. The van der Waals surface area contributed by atoms with E-state index in [0.29, 0.717) is 5.75 Å². The zero-order valence-corrected chi connectivity index (χ0v) is 17.0. The zero-order chi connectivity index (χ0) is 20.2. The van der Waals surface area contributed by atoms with Gasteiger partial charge in [-0.05, 0) is 0 Å². The average molecular weight is 391 g/mol. The summed E-state index contributed by atoms with van der Waals surface area (Å²) >= 11 is 0. The highest BCUT2D eigenvalue weighted by molar-refractivity contribution is 5.55. The van der Waals surface area contributed by atoms with Crippen LogP contribution in [-0.4, -0.2) is 42.7 Å². The van der Waals surface area contributed by atoms with Crippen LogP contribution in [0.5, 0.6) is 17.2 Å². The first kappa shape index (κ1) is 19.2. The van der Waals surface area contributed by atoms with Crippen molar-refractivity contribution in [2.45, 2.75) is 19.5 Å². The lowest BCUT2D eigenvalue weighted by Gasteiger charge is -2.29. The van der Waals surface area contributed by atoms with E-state index in [1.165, 1.54) is 5.56 Å². The van der Waals surface area contributed by atoms with Crippen molar-refractivity contribution in [2.24, 2.45) is 0 Å². The molecule has 0 fully saturated rings. The van der Waals surface area contributed by atoms with Crippen LogP contribution in [0.1, 0.15) is 16.8 Å². The molecule has 29 heavy (non-hydrogen) atoms. The van der Waals surface area contributed by atoms with Gasteiger partial charge in [0.05, 0.1) is 32.6 Å². The van der Waals surface area contributed by atoms with Crippen molar-refractivity contribution in [2.75, 3.05) is 27.9 Å². The molecular formula is C23H25N3O3. The van der Waals surface area contributed by atoms with Crippen LogP contribution < -0.4 is 14.2 Å². The lowest BCUT2D eigenvalue weighted by Crippen LogP contribution is -2.31. The summed E-state index contributed by atoms with van der Waals surface area (Å²) in [4.78, 5) is 11.8. The van der Waals surface area contributed by atoms with Gasteiger partial charge in [-0.25, -0.2) is 9.97 Å². The predicted molar refractivity (Wildman–Crippen MR) is 111 cm³/mol. The Morgan fingerprint density at radius 1 is 0.966 bits per heavy atom. The highest BCUT2D eigenvalue weighted by Gasteiger charge is 2.22. The second-order valence-corrected chi connectivity index (χ2v) is 7.00. The molecule has 0 radical (unpaired) electrons. The number of hydrogen-bond acceptors (Lipinski definition) is 6. The SMILES string of the molecule is COc1cc(OC)c(CN2CCc3nc(-c4ccccc4)ncc3C2)c(OC)c1. The Morgan fingerprint density at radius 3 is 2.34 bits per heavy atom. The van der Waals surface area contributed by atoms with E-state index in [1.807, 2.05) is 48.7 Å². The maximum atomic E-state index is 5.59. The fourth-order valence-electron chi connectivity index (χ4n) is 3.69. The first-order chi connectivity index (χ1) is 14.2. The van der Waals surface area contributed by atoms with E-state index in [2.05, 4.69) is 9.88 Å². The minimum absolute atomic E-state index is 0.716. The fourth-order valence-corrected chi connectivity index (χ4v) is 3.69. The predicted octanol–water partition coefficient (Wildman–Crippen LogP) is 3.73. The van der Waals surface area contributed by atoms with Gasteiger partial charge in [-0.1, -0.05) is 30.3 Å². The van der Waals surface area contributed by atoms with Crippen LogP contribution in [0.15, 0.2) is 48.7 Å². The van der Waals surface area contributed by atoms with Crippen LogP contribution in [0, 0.1) is 0 Å². The summed E-state index contributed by atoms with van der Waals surface area (Å²) in [6.45, 7) is 2.43. The first-order valence-electron chi connectivity index (χ1n) is 9.63. The Labute approximate surface area is 171 Å². The molecule has 6 nitrogen and oxygen atoms in total. The van der Waals surface area contributed by atoms with Crippen molar-refractivity contribution in [1.29, 1.82) is 0 Å². The summed E-state index contributed by atoms with van der Waals surface area (Å²) in [6.07, 6.45) is 2.85. The molecule has 0 unspecified atom stereocenters. The van der Waals surface area contributed by atoms with E-state index in [4.69, 9.17) is 19.2 Å². The number of rotatable bonds is 6. The molecule has 150 valence electrons. The molecule has 0 atom stereocenters. The smallest absolute Gasteiger partial charge is 0.159 e. The molecule has 0 saturated heterocycles. The highest BCUT2D eigenvalue weighted by Crippen LogP contribution is 2.35. The van der Waals surface area contributed by atoms with Crippen molar-refractivity contribution in [3.63, 3.8) is 0 Å². The van der Waals surface area contributed by atoms with Crippen LogP contribution in [0.4, 0.5) is 0 Å². The molecular weight excluding hydrogens is 366 g/mol. The van der Waals surface area contributed by atoms with Crippen molar-refractivity contribution in [3.8, 4) is 28.6 Å². The second-order valence-electron chi connectivity index (χ2n) is 7.00. The third-order valence-electron chi connectivity index (χ3n) is 5.24. The van der Waals surface area contributed by atoms with Crippen LogP contribution >= 0.6 is 0 Å². The van der Waals surface area contributed by atoms with E-state index < -0.39 is 0 Å². The fraction of sp³-hybridized carbons (Fsp3) is 0.304. The van der Waals surface area contributed by atoms with Gasteiger partial charge in [0.2, 0.25) is 0 Å². The quantitative estimate of drug-likeness (QED) is 0.638. The maximum absolute atomic E-state index is 5.59. The molecule has 4 rings (SSSR count). The third-order valence-corrected chi connectivity index (χ3v) is 5.24. The average Bonchev–Trinajstić information content (AvgIpc) is 2.79. The molecule has 0 N–H and O–H groups in total. The van der Waals surface area contributed by atoms with Crippen LogP contribution in [0.3, 0.4) is 0 Å². The molecule has 0 bridgehead atoms. The summed E-state index contributed by atoms with van der Waals surface area (Å²) in [6, 6.07) is 13.9. The molecule has 1 aromatic heterocycles. The summed E-state index contributed by atoms with van der Waals surface area (Å²) < 4.78 is 16.5. The number of aromatic nitrogens is 2. The summed E-state index contributed by atoms with van der Waals surface area (Å²) in [7, 11) is 4.98. The molecule has 2 heterocycles. The van der Waals surface area contributed by atoms with Crippen molar-refractivity contribution in [3.05, 3.63) is 65.5 Å². The summed E-state index contributed by atoms with van der Waals surface area (Å²) in [5, 5.41) is 0. The van der Waals surface area contributed by atoms with Gasteiger partial charge in [-0.15, -0.1) is 0 Å². The van der Waals surface area contributed by atoms with Gasteiger partial charge in [-0.3, -0.25) is 4.90 Å². The van der Waals surface area contributed by atoms with E-state index in [9.17, 15) is 0 Å². The maximum Gasteiger partial charge on any atom is 0.159 e. The third kappa shape index (κ3) is 4.03. The second kappa shape index (κ2) is 8.49. The number of nitrogens with zero attached hydrogens (tertiary/aromatic N) is 3. The lowest BCUT2D eigenvalue weighted by molar-refractivity contribution is 0.234. The van der Waals surface area contributed by atoms with E-state index in [0.717, 1.165) is 60.2 Å². The van der Waals surface area contributed by atoms with Crippen molar-refractivity contribution >= 4 is 0 Å². The number of ether oxygens (including phenoxy) is 3. The molecule has 2 aromatic carbocycles. The van der Waals surface area contributed by atoms with Gasteiger partial charge in [0.15, 0.2) is 5.82 Å². The Bertz CT molecular complexity index is 967. The molecule has 6 heteroatoms. The number of fused-ring (bicyclic) bond motifs is 1. The lowest BCUT2D eigenvalue weighted by atomic mass is 10.0. The summed E-state index contributed by atoms with van der Waals surface area (Å²) in [5.41, 5.74) is 4.36. The molecule has 0 spiro atoms. The van der Waals surface area contributed by atoms with Gasteiger partial charge in [0.1, 0.15) is 17.2 Å². The number of hydrogen-bond donors (Lipinski definition) is 0. The number of methoxy groups -OCH3 is 3. The van der Waals surface area contributed by atoms with Crippen LogP contribution in [0.25, 0.3) is 11.4 Å². The minimum atomic E-state index is 0.716. The molecule has 1 aliphatic rings. The van der Waals surface area contributed by atoms with Crippen molar-refractivity contribution in [1.82, 2.24) is 14.9 Å². The van der Waals surface area contributed by atoms with Gasteiger partial charge >= 0.3 is 0 Å². The monoisotopic (exact) mass is 391 g/mol. The standard InChI is InChI=1S/C23H25N3O3/c1-27-18-11-21(28-2)19(22(12-18)29-3)15-26-10-9-20-17(14-26)13-24-23(25-20)16-7-5-4-6-8-16/h4-8,11-13H,9-10,14-15H2,1-3H3. The summed E-state index contributed by atoms with van der Waals surface area (Å²) in [5.74, 6) is 3.04. The Balaban J connectivity index is 1.55. The van der Waals surface area contributed by atoms with Gasteiger partial charge in [0, 0.05) is 55.5 Å². The number of benzene rings is 2.